The molecule has 8 nitrogen and oxygen atoms in total. The van der Waals surface area contributed by atoms with E-state index in [2.05, 4.69) is 5.10 Å². The molecule has 8 heteroatoms. The number of carbonyl (C=O) groups excluding carboxylic acids is 3. The fourth-order valence-electron chi connectivity index (χ4n) is 3.06. The molecule has 1 aliphatic rings. The number of imide groups is 1. The van der Waals surface area contributed by atoms with Crippen LogP contribution in [-0.2, 0) is 11.9 Å². The average molecular weight is 377 g/mol. The molecule has 2 aromatic carbocycles. The Hall–Kier alpha value is -3.94. The van der Waals surface area contributed by atoms with Gasteiger partial charge in [0.05, 0.1) is 29.5 Å². The topological polar surface area (TPSA) is 90.7 Å². The first-order valence-electron chi connectivity index (χ1n) is 8.38. The van der Waals surface area contributed by atoms with Gasteiger partial charge in [-0.25, -0.2) is 4.79 Å². The van der Waals surface area contributed by atoms with Gasteiger partial charge in [0.15, 0.2) is 0 Å². The molecule has 28 heavy (non-hydrogen) atoms. The standard InChI is InChI=1S/C20H15N3O5/c1-22-16(9-10-21-22)15-11-12(7-8-17(15)27-2)20(26)28-23-18(24)13-5-3-4-6-14(13)19(23)25/h3-11H,1-2H3. The Balaban J connectivity index is 1.64. The van der Waals surface area contributed by atoms with Gasteiger partial charge in [-0.3, -0.25) is 14.3 Å². The number of nitrogens with zero attached hydrogens (tertiary/aromatic N) is 3. The molecule has 0 atom stereocenters. The number of aryl methyl sites for hydroxylation is 1. The van der Waals surface area contributed by atoms with E-state index in [1.807, 2.05) is 0 Å². The molecule has 0 aliphatic carbocycles. The molecule has 0 radical (unpaired) electrons. The number of methoxy groups -OCH3 is 1. The van der Waals surface area contributed by atoms with Gasteiger partial charge in [0, 0.05) is 18.8 Å². The van der Waals surface area contributed by atoms with E-state index in [4.69, 9.17) is 9.57 Å². The van der Waals surface area contributed by atoms with Crippen molar-refractivity contribution in [2.24, 2.45) is 7.05 Å². The van der Waals surface area contributed by atoms with Crippen LogP contribution in [0.1, 0.15) is 31.1 Å². The van der Waals surface area contributed by atoms with E-state index in [1.54, 1.807) is 48.3 Å². The first kappa shape index (κ1) is 17.5. The first-order chi connectivity index (χ1) is 13.5. The van der Waals surface area contributed by atoms with Crippen molar-refractivity contribution in [3.8, 4) is 17.0 Å². The van der Waals surface area contributed by atoms with E-state index in [1.165, 1.54) is 25.3 Å². The van der Waals surface area contributed by atoms with Gasteiger partial charge in [-0.15, -0.1) is 0 Å². The second kappa shape index (κ2) is 6.66. The summed E-state index contributed by atoms with van der Waals surface area (Å²) in [6, 6.07) is 12.8. The normalized spacial score (nSPS) is 12.9. The van der Waals surface area contributed by atoms with E-state index in [9.17, 15) is 14.4 Å². The number of aromatic nitrogens is 2. The van der Waals surface area contributed by atoms with E-state index in [0.29, 0.717) is 16.4 Å². The molecule has 4 rings (SSSR count). The molecule has 2 amide bonds. The van der Waals surface area contributed by atoms with Crippen LogP contribution in [-0.4, -0.2) is 39.7 Å². The molecule has 0 spiro atoms. The summed E-state index contributed by atoms with van der Waals surface area (Å²) in [5, 5.41) is 4.60. The van der Waals surface area contributed by atoms with E-state index in [-0.39, 0.29) is 16.7 Å². The van der Waals surface area contributed by atoms with Crippen LogP contribution in [0.15, 0.2) is 54.7 Å². The molecular weight excluding hydrogens is 362 g/mol. The molecule has 1 aromatic heterocycles. The average Bonchev–Trinajstić information content (AvgIpc) is 3.24. The summed E-state index contributed by atoms with van der Waals surface area (Å²) in [5.41, 5.74) is 1.91. The SMILES string of the molecule is COc1ccc(C(=O)ON2C(=O)c3ccccc3C2=O)cc1-c1ccnn1C. The third kappa shape index (κ3) is 2.71. The maximum atomic E-state index is 12.6. The Morgan fingerprint density at radius 3 is 2.21 bits per heavy atom. The van der Waals surface area contributed by atoms with Gasteiger partial charge in [0.1, 0.15) is 5.75 Å². The van der Waals surface area contributed by atoms with Crippen LogP contribution in [0.2, 0.25) is 0 Å². The van der Waals surface area contributed by atoms with Crippen molar-refractivity contribution < 1.29 is 24.0 Å². The number of hydrogen-bond donors (Lipinski definition) is 0. The Morgan fingerprint density at radius 1 is 0.964 bits per heavy atom. The molecule has 0 N–H and O–H groups in total. The summed E-state index contributed by atoms with van der Waals surface area (Å²) in [5.74, 6) is -1.63. The number of amides is 2. The Kier molecular flexibility index (Phi) is 4.15. The van der Waals surface area contributed by atoms with E-state index >= 15 is 0 Å². The Labute approximate surface area is 159 Å². The predicted molar refractivity (Wildman–Crippen MR) is 97.6 cm³/mol. The quantitative estimate of drug-likeness (QED) is 0.649. The molecule has 1 aliphatic heterocycles. The van der Waals surface area contributed by atoms with Gasteiger partial charge < -0.3 is 9.57 Å². The predicted octanol–water partition coefficient (Wildman–Crippen LogP) is 2.46. The molecule has 2 heterocycles. The van der Waals surface area contributed by atoms with E-state index < -0.39 is 17.8 Å². The summed E-state index contributed by atoms with van der Waals surface area (Å²) < 4.78 is 6.99. The zero-order valence-corrected chi connectivity index (χ0v) is 15.1. The highest BCUT2D eigenvalue weighted by Gasteiger charge is 2.38. The van der Waals surface area contributed by atoms with Crippen molar-refractivity contribution >= 4 is 17.8 Å². The molecular formula is C20H15N3O5. The summed E-state index contributed by atoms with van der Waals surface area (Å²) in [6.45, 7) is 0. The maximum absolute atomic E-state index is 12.6. The maximum Gasteiger partial charge on any atom is 0.363 e. The van der Waals surface area contributed by atoms with Gasteiger partial charge in [-0.1, -0.05) is 17.2 Å². The zero-order valence-electron chi connectivity index (χ0n) is 15.1. The van der Waals surface area contributed by atoms with Gasteiger partial charge >= 0.3 is 5.97 Å². The van der Waals surface area contributed by atoms with E-state index in [0.717, 1.165) is 5.69 Å². The summed E-state index contributed by atoms with van der Waals surface area (Å²) >= 11 is 0. The number of rotatable bonds is 4. The van der Waals surface area contributed by atoms with Crippen LogP contribution in [0.3, 0.4) is 0 Å². The number of hydrogen-bond acceptors (Lipinski definition) is 6. The van der Waals surface area contributed by atoms with Crippen LogP contribution in [0.5, 0.6) is 5.75 Å². The van der Waals surface area contributed by atoms with Crippen LogP contribution < -0.4 is 4.74 Å². The van der Waals surface area contributed by atoms with Crippen molar-refractivity contribution in [1.82, 2.24) is 14.8 Å². The Morgan fingerprint density at radius 2 is 1.64 bits per heavy atom. The minimum atomic E-state index is -0.833. The van der Waals surface area contributed by atoms with Crippen molar-refractivity contribution in [3.63, 3.8) is 0 Å². The number of hydroxylamine groups is 2. The van der Waals surface area contributed by atoms with Crippen molar-refractivity contribution in [2.75, 3.05) is 7.11 Å². The smallest absolute Gasteiger partial charge is 0.363 e. The monoisotopic (exact) mass is 377 g/mol. The fourth-order valence-corrected chi connectivity index (χ4v) is 3.06. The first-order valence-corrected chi connectivity index (χ1v) is 8.38. The highest BCUT2D eigenvalue weighted by molar-refractivity contribution is 6.21. The van der Waals surface area contributed by atoms with Crippen molar-refractivity contribution in [1.29, 1.82) is 0 Å². The lowest BCUT2D eigenvalue weighted by atomic mass is 10.1. The summed E-state index contributed by atoms with van der Waals surface area (Å²) in [4.78, 5) is 42.5. The minimum Gasteiger partial charge on any atom is -0.496 e. The number of fused-ring (bicyclic) bond motifs is 1. The molecule has 0 saturated heterocycles. The highest BCUT2D eigenvalue weighted by Crippen LogP contribution is 2.31. The highest BCUT2D eigenvalue weighted by atomic mass is 16.7. The summed E-state index contributed by atoms with van der Waals surface area (Å²) in [7, 11) is 3.28. The van der Waals surface area contributed by atoms with Gasteiger partial charge in [-0.05, 0) is 36.4 Å². The number of ether oxygens (including phenoxy) is 1. The van der Waals surface area contributed by atoms with Gasteiger partial charge in [0.2, 0.25) is 0 Å². The lowest BCUT2D eigenvalue weighted by Gasteiger charge is -2.14. The zero-order chi connectivity index (χ0) is 19.8. The number of carbonyl (C=O) groups is 3. The molecule has 0 saturated carbocycles. The fraction of sp³-hybridized carbons (Fsp3) is 0.100. The molecule has 3 aromatic rings. The number of benzene rings is 2. The third-order valence-corrected chi connectivity index (χ3v) is 4.46. The van der Waals surface area contributed by atoms with Crippen LogP contribution in [0, 0.1) is 0 Å². The summed E-state index contributed by atoms with van der Waals surface area (Å²) in [6.07, 6.45) is 1.62. The lowest BCUT2D eigenvalue weighted by Crippen LogP contribution is -2.32. The van der Waals surface area contributed by atoms with Gasteiger partial charge in [0.25, 0.3) is 11.8 Å². The molecule has 0 unspecified atom stereocenters. The second-order valence-electron chi connectivity index (χ2n) is 6.08. The molecule has 0 fully saturated rings. The van der Waals surface area contributed by atoms with Crippen LogP contribution in [0.4, 0.5) is 0 Å². The van der Waals surface area contributed by atoms with Gasteiger partial charge in [-0.2, -0.15) is 5.10 Å². The Bertz CT molecular complexity index is 1080. The van der Waals surface area contributed by atoms with Crippen molar-refractivity contribution in [3.05, 3.63) is 71.4 Å². The third-order valence-electron chi connectivity index (χ3n) is 4.46. The second-order valence-corrected chi connectivity index (χ2v) is 6.08. The minimum absolute atomic E-state index is 0.161. The molecule has 140 valence electrons. The molecule has 0 bridgehead atoms. The van der Waals surface area contributed by atoms with Crippen LogP contribution in [0.25, 0.3) is 11.3 Å². The van der Waals surface area contributed by atoms with Crippen LogP contribution >= 0.6 is 0 Å². The largest absolute Gasteiger partial charge is 0.496 e. The van der Waals surface area contributed by atoms with Crippen molar-refractivity contribution in [2.45, 2.75) is 0 Å². The lowest BCUT2D eigenvalue weighted by molar-refractivity contribution is -0.0584.